The first-order chi connectivity index (χ1) is 24.9. The Morgan fingerprint density at radius 3 is 2.21 bits per heavy atom. The number of aromatic hydroxyl groups is 1. The summed E-state index contributed by atoms with van der Waals surface area (Å²) in [6, 6.07) is 23.4. The van der Waals surface area contributed by atoms with E-state index in [9.17, 15) is 28.7 Å². The largest absolute Gasteiger partial charge is 0.503 e. The number of para-hydroxylation sites is 1. The Hall–Kier alpha value is -5.19. The number of fused-ring (bicyclic) bond motifs is 4. The summed E-state index contributed by atoms with van der Waals surface area (Å²) in [6.45, 7) is 1.71. The molecule has 2 aliphatic heterocycles. The lowest BCUT2D eigenvalue weighted by atomic mass is 9.51. The highest BCUT2D eigenvalue weighted by atomic mass is 35.5. The van der Waals surface area contributed by atoms with Gasteiger partial charge in [-0.2, -0.15) is 0 Å². The fourth-order valence-electron chi connectivity index (χ4n) is 8.82. The van der Waals surface area contributed by atoms with Crippen molar-refractivity contribution < 1.29 is 33.4 Å². The van der Waals surface area contributed by atoms with Crippen LogP contribution in [0.5, 0.6) is 11.5 Å². The molecule has 1 saturated carbocycles. The normalized spacial score (nSPS) is 26.6. The number of allylic oxidation sites excluding steroid dienone is 2. The van der Waals surface area contributed by atoms with E-state index in [1.54, 1.807) is 37.3 Å². The molecule has 2 aliphatic carbocycles. The standard InChI is InChI=1S/C40H32Cl2FN3O6/c1-40-28(37(49)46(39(40)51)24-12-15-31(43)29(41)18-24)19-27-25(34(40)20-16-30(42)35(47)32(17-20)52-2)13-14-26-33(27)38(50)45(36(26)48)23-10-8-22(9-11-23)44-21-6-4-3-5-7-21/h3-13,15-18,26-28,33-34,44,47H,14,19H2,1-2H3. The molecule has 2 saturated heterocycles. The van der Waals surface area contributed by atoms with Crippen LogP contribution in [0.25, 0.3) is 0 Å². The van der Waals surface area contributed by atoms with Crippen molar-refractivity contribution in [3.8, 4) is 11.5 Å². The summed E-state index contributed by atoms with van der Waals surface area (Å²) in [5, 5.41) is 13.7. The summed E-state index contributed by atoms with van der Waals surface area (Å²) >= 11 is 12.6. The third-order valence-electron chi connectivity index (χ3n) is 11.2. The van der Waals surface area contributed by atoms with Gasteiger partial charge in [0.15, 0.2) is 11.5 Å². The minimum absolute atomic E-state index is 0.0200. The van der Waals surface area contributed by atoms with Crippen LogP contribution < -0.4 is 19.9 Å². The number of hydrogen-bond donors (Lipinski definition) is 2. The van der Waals surface area contributed by atoms with Crippen LogP contribution in [0.3, 0.4) is 0 Å². The zero-order chi connectivity index (χ0) is 36.6. The molecule has 6 atom stereocenters. The first-order valence-electron chi connectivity index (χ1n) is 16.8. The van der Waals surface area contributed by atoms with E-state index in [1.807, 2.05) is 36.4 Å². The smallest absolute Gasteiger partial charge is 0.241 e. The highest BCUT2D eigenvalue weighted by Crippen LogP contribution is 2.64. The van der Waals surface area contributed by atoms with E-state index in [-0.39, 0.29) is 51.9 Å². The molecule has 4 aliphatic rings. The van der Waals surface area contributed by atoms with Gasteiger partial charge >= 0.3 is 0 Å². The third-order valence-corrected chi connectivity index (χ3v) is 11.8. The Kier molecular flexibility index (Phi) is 8.15. The number of carbonyl (C=O) groups is 4. The number of phenols is 1. The van der Waals surface area contributed by atoms with Gasteiger partial charge < -0.3 is 15.2 Å². The second kappa shape index (κ2) is 12.5. The quantitative estimate of drug-likeness (QED) is 0.152. The van der Waals surface area contributed by atoms with Gasteiger partial charge in [-0.15, -0.1) is 0 Å². The van der Waals surface area contributed by atoms with Gasteiger partial charge in [-0.1, -0.05) is 53.1 Å². The number of amides is 4. The van der Waals surface area contributed by atoms with Crippen LogP contribution >= 0.6 is 23.2 Å². The first kappa shape index (κ1) is 33.9. The minimum Gasteiger partial charge on any atom is -0.503 e. The monoisotopic (exact) mass is 739 g/mol. The van der Waals surface area contributed by atoms with Gasteiger partial charge in [0.2, 0.25) is 23.6 Å². The van der Waals surface area contributed by atoms with Gasteiger partial charge in [-0.3, -0.25) is 24.1 Å². The van der Waals surface area contributed by atoms with Gasteiger partial charge in [0.05, 0.1) is 51.7 Å². The summed E-state index contributed by atoms with van der Waals surface area (Å²) in [5.74, 6) is -6.47. The molecule has 2 heterocycles. The van der Waals surface area contributed by atoms with E-state index in [2.05, 4.69) is 5.32 Å². The topological polar surface area (TPSA) is 116 Å². The van der Waals surface area contributed by atoms with E-state index in [4.69, 9.17) is 27.9 Å². The zero-order valence-electron chi connectivity index (χ0n) is 28.0. The van der Waals surface area contributed by atoms with Crippen LogP contribution in [0, 0.1) is 34.9 Å². The number of ether oxygens (including phenoxy) is 1. The molecule has 0 spiro atoms. The summed E-state index contributed by atoms with van der Waals surface area (Å²) in [7, 11) is 1.37. The Morgan fingerprint density at radius 1 is 0.827 bits per heavy atom. The van der Waals surface area contributed by atoms with Crippen LogP contribution in [-0.2, 0) is 19.2 Å². The number of benzene rings is 4. The molecule has 8 rings (SSSR count). The van der Waals surface area contributed by atoms with Crippen LogP contribution in [0.15, 0.2) is 96.6 Å². The van der Waals surface area contributed by atoms with Gasteiger partial charge in [0, 0.05) is 17.3 Å². The van der Waals surface area contributed by atoms with Crippen molar-refractivity contribution in [3.05, 3.63) is 118 Å². The maximum absolute atomic E-state index is 14.7. The summed E-state index contributed by atoms with van der Waals surface area (Å²) in [6.07, 6.45) is 2.28. The Bertz CT molecular complexity index is 2210. The molecule has 4 aromatic rings. The number of rotatable bonds is 6. The first-order valence-corrected chi connectivity index (χ1v) is 17.6. The molecule has 12 heteroatoms. The van der Waals surface area contributed by atoms with Crippen molar-refractivity contribution in [3.63, 3.8) is 0 Å². The highest BCUT2D eigenvalue weighted by molar-refractivity contribution is 6.32. The number of methoxy groups -OCH3 is 1. The number of carbonyl (C=O) groups excluding carboxylic acids is 4. The Labute approximate surface area is 308 Å². The van der Waals surface area contributed by atoms with Crippen molar-refractivity contribution in [2.45, 2.75) is 25.7 Å². The van der Waals surface area contributed by atoms with Crippen molar-refractivity contribution in [2.24, 2.45) is 29.1 Å². The number of hydrogen-bond acceptors (Lipinski definition) is 7. The summed E-state index contributed by atoms with van der Waals surface area (Å²) in [4.78, 5) is 59.9. The van der Waals surface area contributed by atoms with E-state index in [0.29, 0.717) is 11.3 Å². The minimum atomic E-state index is -1.40. The maximum Gasteiger partial charge on any atom is 0.241 e. The molecule has 0 bridgehead atoms. The number of imide groups is 2. The molecule has 2 N–H and O–H groups in total. The fourth-order valence-corrected chi connectivity index (χ4v) is 9.21. The predicted octanol–water partition coefficient (Wildman–Crippen LogP) is 8.03. The van der Waals surface area contributed by atoms with Gasteiger partial charge in [-0.25, -0.2) is 9.29 Å². The SMILES string of the molecule is COc1cc(C2C3=CCC4C(=O)N(c5ccc(Nc6ccccc6)cc5)C(=O)C4C3CC3C(=O)N(c4ccc(F)c(Cl)c4)C(=O)C32C)cc(Cl)c1O. The summed E-state index contributed by atoms with van der Waals surface area (Å²) in [5.41, 5.74) is 2.06. The van der Waals surface area contributed by atoms with E-state index >= 15 is 0 Å². The number of anilines is 4. The van der Waals surface area contributed by atoms with E-state index in [1.165, 1.54) is 30.2 Å². The van der Waals surface area contributed by atoms with E-state index in [0.717, 1.165) is 27.9 Å². The lowest BCUT2D eigenvalue weighted by Gasteiger charge is -2.49. The number of nitrogens with zero attached hydrogens (tertiary/aromatic N) is 2. The van der Waals surface area contributed by atoms with Crippen molar-refractivity contribution in [1.29, 1.82) is 0 Å². The molecule has 4 amide bonds. The van der Waals surface area contributed by atoms with E-state index < -0.39 is 52.6 Å². The zero-order valence-corrected chi connectivity index (χ0v) is 29.5. The highest BCUT2D eigenvalue weighted by Gasteiger charge is 2.67. The number of phenolic OH excluding ortho intramolecular Hbond substituents is 1. The molecular formula is C40H32Cl2FN3O6. The second-order valence-electron chi connectivity index (χ2n) is 13.9. The van der Waals surface area contributed by atoms with Gasteiger partial charge in [-0.05, 0) is 98.0 Å². The van der Waals surface area contributed by atoms with Crippen LogP contribution in [0.1, 0.15) is 31.2 Å². The molecular weight excluding hydrogens is 708 g/mol. The van der Waals surface area contributed by atoms with Crippen molar-refractivity contribution in [1.82, 2.24) is 0 Å². The Morgan fingerprint density at radius 2 is 1.52 bits per heavy atom. The molecule has 9 nitrogen and oxygen atoms in total. The molecule has 3 fully saturated rings. The molecule has 4 aromatic carbocycles. The molecule has 0 radical (unpaired) electrons. The Balaban J connectivity index is 1.20. The predicted molar refractivity (Wildman–Crippen MR) is 194 cm³/mol. The summed E-state index contributed by atoms with van der Waals surface area (Å²) < 4.78 is 19.6. The van der Waals surface area contributed by atoms with Gasteiger partial charge in [0.25, 0.3) is 0 Å². The lowest BCUT2D eigenvalue weighted by molar-refractivity contribution is -0.131. The lowest BCUT2D eigenvalue weighted by Crippen LogP contribution is -2.48. The molecule has 264 valence electrons. The fraction of sp³-hybridized carbons (Fsp3) is 0.250. The molecule has 52 heavy (non-hydrogen) atoms. The van der Waals surface area contributed by atoms with Crippen molar-refractivity contribution >= 4 is 69.6 Å². The number of halogens is 3. The molecule has 0 aromatic heterocycles. The average molecular weight is 741 g/mol. The van der Waals surface area contributed by atoms with Crippen LogP contribution in [0.2, 0.25) is 10.0 Å². The third kappa shape index (κ3) is 5.03. The number of nitrogens with one attached hydrogen (secondary N) is 1. The average Bonchev–Trinajstić information content (AvgIpc) is 3.50. The van der Waals surface area contributed by atoms with Gasteiger partial charge in [0.1, 0.15) is 5.82 Å². The maximum atomic E-state index is 14.7. The second-order valence-corrected chi connectivity index (χ2v) is 14.7. The van der Waals surface area contributed by atoms with Crippen LogP contribution in [0.4, 0.5) is 27.1 Å². The van der Waals surface area contributed by atoms with Crippen LogP contribution in [-0.4, -0.2) is 35.8 Å². The molecule has 6 unspecified atom stereocenters. The van der Waals surface area contributed by atoms with Crippen molar-refractivity contribution in [2.75, 3.05) is 22.2 Å².